The van der Waals surface area contributed by atoms with E-state index in [2.05, 4.69) is 30.1 Å². The molecule has 0 bridgehead atoms. The van der Waals surface area contributed by atoms with Gasteiger partial charge < -0.3 is 14.9 Å². The lowest BCUT2D eigenvalue weighted by molar-refractivity contribution is 0.312. The van der Waals surface area contributed by atoms with Crippen molar-refractivity contribution in [2.24, 2.45) is 11.7 Å². The first kappa shape index (κ1) is 13.5. The molecular weight excluding hydrogens is 252 g/mol. The van der Waals surface area contributed by atoms with Gasteiger partial charge in [-0.05, 0) is 56.6 Å². The number of ether oxygens (including phenoxy) is 1. The lowest BCUT2D eigenvalue weighted by Crippen LogP contribution is -2.20. The minimum atomic E-state index is 0.414. The number of methoxy groups -OCH3 is 1. The van der Waals surface area contributed by atoms with E-state index in [1.165, 1.54) is 5.56 Å². The molecule has 1 fully saturated rings. The maximum absolute atomic E-state index is 5.82. The molecule has 1 aromatic carbocycles. The van der Waals surface area contributed by atoms with Crippen LogP contribution in [0.3, 0.4) is 0 Å². The summed E-state index contributed by atoms with van der Waals surface area (Å²) in [4.78, 5) is 2.38. The predicted molar refractivity (Wildman–Crippen MR) is 80.0 cm³/mol. The lowest BCUT2D eigenvalue weighted by Gasteiger charge is -2.20. The Morgan fingerprint density at radius 2 is 2.20 bits per heavy atom. The van der Waals surface area contributed by atoms with Crippen molar-refractivity contribution in [2.45, 2.75) is 19.4 Å². The highest BCUT2D eigenvalue weighted by Gasteiger charge is 2.30. The van der Waals surface area contributed by atoms with Gasteiger partial charge in [-0.1, -0.05) is 0 Å². The van der Waals surface area contributed by atoms with Gasteiger partial charge in [-0.3, -0.25) is 4.90 Å². The molecule has 1 aromatic heterocycles. The summed E-state index contributed by atoms with van der Waals surface area (Å²) in [7, 11) is 3.86. The molecule has 4 heteroatoms. The molecule has 0 aliphatic carbocycles. The van der Waals surface area contributed by atoms with Gasteiger partial charge in [0.25, 0.3) is 0 Å². The second-order valence-electron chi connectivity index (χ2n) is 5.79. The molecule has 0 radical (unpaired) electrons. The Morgan fingerprint density at radius 3 is 2.85 bits per heavy atom. The van der Waals surface area contributed by atoms with E-state index in [9.17, 15) is 0 Å². The molecule has 2 aromatic rings. The molecule has 2 N–H and O–H groups in total. The van der Waals surface area contributed by atoms with Crippen LogP contribution in [0.4, 0.5) is 0 Å². The number of nitrogens with two attached hydrogens (primary N) is 1. The van der Waals surface area contributed by atoms with Gasteiger partial charge in [0.05, 0.1) is 7.11 Å². The van der Waals surface area contributed by atoms with Crippen LogP contribution in [0.25, 0.3) is 11.0 Å². The van der Waals surface area contributed by atoms with Crippen LogP contribution in [0.1, 0.15) is 23.8 Å². The number of nitrogens with zero attached hydrogens (tertiary/aromatic N) is 1. The zero-order valence-corrected chi connectivity index (χ0v) is 12.3. The predicted octanol–water partition coefficient (Wildman–Crippen LogP) is 2.70. The first-order valence-electron chi connectivity index (χ1n) is 7.10. The fourth-order valence-electron chi connectivity index (χ4n) is 3.28. The van der Waals surface area contributed by atoms with Gasteiger partial charge in [-0.2, -0.15) is 0 Å². The summed E-state index contributed by atoms with van der Waals surface area (Å²) in [6.45, 7) is 3.78. The summed E-state index contributed by atoms with van der Waals surface area (Å²) < 4.78 is 11.2. The fraction of sp³-hybridized carbons (Fsp3) is 0.500. The van der Waals surface area contributed by atoms with Crippen LogP contribution < -0.4 is 10.5 Å². The van der Waals surface area contributed by atoms with Crippen LogP contribution in [0.2, 0.25) is 0 Å². The molecule has 2 unspecified atom stereocenters. The number of likely N-dealkylation sites (tertiary alicyclic amines) is 1. The number of fused-ring (bicyclic) bond motifs is 1. The topological polar surface area (TPSA) is 51.6 Å². The second-order valence-corrected chi connectivity index (χ2v) is 5.79. The van der Waals surface area contributed by atoms with Crippen LogP contribution >= 0.6 is 0 Å². The molecule has 2 heterocycles. The van der Waals surface area contributed by atoms with Crippen molar-refractivity contribution in [3.63, 3.8) is 0 Å². The summed E-state index contributed by atoms with van der Waals surface area (Å²) in [5.41, 5.74) is 7.94. The molecule has 3 rings (SSSR count). The Labute approximate surface area is 119 Å². The maximum Gasteiger partial charge on any atom is 0.176 e. The minimum absolute atomic E-state index is 0.414. The molecule has 1 aliphatic rings. The molecular formula is C16H22N2O2. The van der Waals surface area contributed by atoms with E-state index in [4.69, 9.17) is 14.9 Å². The third-order valence-corrected chi connectivity index (χ3v) is 4.30. The maximum atomic E-state index is 5.82. The summed E-state index contributed by atoms with van der Waals surface area (Å²) in [5.74, 6) is 2.31. The van der Waals surface area contributed by atoms with E-state index in [1.807, 2.05) is 6.92 Å². The van der Waals surface area contributed by atoms with Gasteiger partial charge in [-0.15, -0.1) is 0 Å². The van der Waals surface area contributed by atoms with Crippen molar-refractivity contribution in [3.05, 3.63) is 29.5 Å². The molecule has 2 atom stereocenters. The highest BCUT2D eigenvalue weighted by atomic mass is 16.5. The second kappa shape index (κ2) is 5.11. The zero-order chi connectivity index (χ0) is 14.3. The van der Waals surface area contributed by atoms with E-state index in [0.717, 1.165) is 42.0 Å². The molecule has 1 saturated heterocycles. The number of benzene rings is 1. The van der Waals surface area contributed by atoms with Crippen LogP contribution in [0.15, 0.2) is 22.6 Å². The molecule has 108 valence electrons. The Morgan fingerprint density at radius 1 is 1.40 bits per heavy atom. The summed E-state index contributed by atoms with van der Waals surface area (Å²) in [5, 5.41) is 1.11. The highest BCUT2D eigenvalue weighted by molar-refractivity contribution is 5.84. The standard InChI is InChI=1S/C16H22N2O2/c1-10-4-13-6-12(7-15(19-3)16(13)20-10)14-5-11(8-17)9-18(14)2/h4,6-7,11,14H,5,8-9,17H2,1-3H3. The lowest BCUT2D eigenvalue weighted by atomic mass is 9.98. The number of hydrogen-bond acceptors (Lipinski definition) is 4. The normalized spacial score (nSPS) is 23.6. The van der Waals surface area contributed by atoms with Crippen molar-refractivity contribution in [1.82, 2.24) is 4.90 Å². The molecule has 0 amide bonds. The first-order chi connectivity index (χ1) is 9.62. The number of furan rings is 1. The summed E-state index contributed by atoms with van der Waals surface area (Å²) in [6.07, 6.45) is 1.11. The van der Waals surface area contributed by atoms with E-state index < -0.39 is 0 Å². The molecule has 4 nitrogen and oxygen atoms in total. The van der Waals surface area contributed by atoms with Crippen LogP contribution in [-0.4, -0.2) is 32.1 Å². The average molecular weight is 274 g/mol. The van der Waals surface area contributed by atoms with Crippen LogP contribution in [0.5, 0.6) is 5.75 Å². The molecule has 0 spiro atoms. The zero-order valence-electron chi connectivity index (χ0n) is 12.3. The average Bonchev–Trinajstić information content (AvgIpc) is 2.99. The summed E-state index contributed by atoms with van der Waals surface area (Å²) >= 11 is 0. The monoisotopic (exact) mass is 274 g/mol. The molecule has 0 saturated carbocycles. The van der Waals surface area contributed by atoms with Crippen molar-refractivity contribution < 1.29 is 9.15 Å². The van der Waals surface area contributed by atoms with Crippen molar-refractivity contribution in [2.75, 3.05) is 27.2 Å². The van der Waals surface area contributed by atoms with E-state index in [0.29, 0.717) is 12.0 Å². The van der Waals surface area contributed by atoms with Crippen LogP contribution in [0, 0.1) is 12.8 Å². The Kier molecular flexibility index (Phi) is 3.44. The number of hydrogen-bond donors (Lipinski definition) is 1. The van der Waals surface area contributed by atoms with Gasteiger partial charge >= 0.3 is 0 Å². The van der Waals surface area contributed by atoms with Gasteiger partial charge in [0, 0.05) is 18.0 Å². The Hall–Kier alpha value is -1.52. The fourth-order valence-corrected chi connectivity index (χ4v) is 3.28. The number of rotatable bonds is 3. The van der Waals surface area contributed by atoms with Gasteiger partial charge in [-0.25, -0.2) is 0 Å². The summed E-state index contributed by atoms with van der Waals surface area (Å²) in [6, 6.07) is 6.80. The van der Waals surface area contributed by atoms with Gasteiger partial charge in [0.2, 0.25) is 0 Å². The van der Waals surface area contributed by atoms with Crippen molar-refractivity contribution in [1.29, 1.82) is 0 Å². The van der Waals surface area contributed by atoms with E-state index >= 15 is 0 Å². The molecule has 20 heavy (non-hydrogen) atoms. The minimum Gasteiger partial charge on any atom is -0.493 e. The van der Waals surface area contributed by atoms with E-state index in [-0.39, 0.29) is 0 Å². The Bertz CT molecular complexity index is 620. The first-order valence-corrected chi connectivity index (χ1v) is 7.10. The van der Waals surface area contributed by atoms with Crippen molar-refractivity contribution >= 4 is 11.0 Å². The third-order valence-electron chi connectivity index (χ3n) is 4.30. The third kappa shape index (κ3) is 2.19. The van der Waals surface area contributed by atoms with Gasteiger partial charge in [0.15, 0.2) is 11.3 Å². The SMILES string of the molecule is COc1cc(C2CC(CN)CN2C)cc2cc(C)oc12. The van der Waals surface area contributed by atoms with Crippen LogP contribution in [-0.2, 0) is 0 Å². The molecule has 1 aliphatic heterocycles. The highest BCUT2D eigenvalue weighted by Crippen LogP contribution is 2.38. The number of aryl methyl sites for hydroxylation is 1. The quantitative estimate of drug-likeness (QED) is 0.935. The van der Waals surface area contributed by atoms with E-state index in [1.54, 1.807) is 7.11 Å². The van der Waals surface area contributed by atoms with Crippen molar-refractivity contribution in [3.8, 4) is 5.75 Å². The van der Waals surface area contributed by atoms with Gasteiger partial charge in [0.1, 0.15) is 5.76 Å². The largest absolute Gasteiger partial charge is 0.493 e. The Balaban J connectivity index is 2.03. The smallest absolute Gasteiger partial charge is 0.176 e.